The fourth-order valence-corrected chi connectivity index (χ4v) is 6.61. The lowest BCUT2D eigenvalue weighted by Gasteiger charge is -2.45. The van der Waals surface area contributed by atoms with Crippen LogP contribution in [0.2, 0.25) is 0 Å². The number of hydrogen-bond acceptors (Lipinski definition) is 11. The lowest BCUT2D eigenvalue weighted by atomic mass is 9.75. The van der Waals surface area contributed by atoms with Gasteiger partial charge in [-0.05, 0) is 26.3 Å². The van der Waals surface area contributed by atoms with Gasteiger partial charge < -0.3 is 40.7 Å². The maximum atomic E-state index is 13.8. The van der Waals surface area contributed by atoms with E-state index in [0.717, 1.165) is 6.08 Å². The van der Waals surface area contributed by atoms with E-state index < -0.39 is 117 Å². The Bertz CT molecular complexity index is 1620. The summed E-state index contributed by atoms with van der Waals surface area (Å²) in [6.45, 7) is 10.8. The highest BCUT2D eigenvalue weighted by atomic mass is 16.6. The first-order valence-corrected chi connectivity index (χ1v) is 15.6. The molecule has 1 amide bonds. The molecule has 12 heteroatoms. The number of ketones is 3. The molecule has 12 nitrogen and oxygen atoms in total. The molecule has 0 spiro atoms. The average molecular weight is 654 g/mol. The number of amides is 1. The molecule has 5 heterocycles. The normalized spacial score (nSPS) is 37.0. The number of aliphatic hydroxyl groups is 4. The number of phenols is 2. The number of hydrogen-bond donors (Lipinski definition) is 7. The Hall–Kier alpha value is -3.94. The lowest BCUT2D eigenvalue weighted by Crippen LogP contribution is -2.54. The first kappa shape index (κ1) is 35.9. The largest absolute Gasteiger partial charge is 0.507 e. The average Bonchev–Trinajstić information content (AvgIpc) is 3.03. The molecule has 5 unspecified atom stereocenters. The van der Waals surface area contributed by atoms with Gasteiger partial charge in [0.2, 0.25) is 5.78 Å². The highest BCUT2D eigenvalue weighted by Gasteiger charge is 2.46. The number of ether oxygens (including phenoxy) is 1. The Kier molecular flexibility index (Phi) is 10.4. The van der Waals surface area contributed by atoms with Crippen molar-refractivity contribution in [3.8, 4) is 11.5 Å². The number of aliphatic hydroxyl groups excluding tert-OH is 4. The summed E-state index contributed by atoms with van der Waals surface area (Å²) in [6.07, 6.45) is 0.789. The Morgan fingerprint density at radius 1 is 0.723 bits per heavy atom. The van der Waals surface area contributed by atoms with Crippen LogP contribution in [-0.4, -0.2) is 84.6 Å². The topological polar surface area (TPSA) is 211 Å². The predicted octanol–water partition coefficient (Wildman–Crippen LogP) is 2.39. The van der Waals surface area contributed by atoms with Crippen LogP contribution in [0.5, 0.6) is 11.5 Å². The van der Waals surface area contributed by atoms with E-state index in [1.807, 2.05) is 0 Å². The van der Waals surface area contributed by atoms with Crippen molar-refractivity contribution in [2.24, 2.45) is 29.6 Å². The zero-order valence-electron chi connectivity index (χ0n) is 27.4. The standard InChI is InChI=1S/C35H43NO11/c1-13-9-8-10-14(2)34(45)36-21-12-22(37)23-24(30(42)17(5)31(43)25(23)32(21)44)27(39)15(3)11-20-29(41)19(7)33(47-35(20)46)18(6)28(40)16(4)26(13)38/h8-13,16,18-20,26,28-29,33,35,38,40-43,46H,1-7H3,(H,36,45)/b9-8+,14-10-,15-11-/t13-,16?,18?,19?,20?,26?,28+,29+,33-,35-/m0/s1. The molecule has 10 atom stereocenters. The summed E-state index contributed by atoms with van der Waals surface area (Å²) < 4.78 is 5.89. The van der Waals surface area contributed by atoms with Gasteiger partial charge in [0.25, 0.3) is 5.91 Å². The van der Waals surface area contributed by atoms with Crippen molar-refractivity contribution in [3.05, 3.63) is 69.5 Å². The van der Waals surface area contributed by atoms with Crippen molar-refractivity contribution >= 4 is 23.3 Å². The van der Waals surface area contributed by atoms with Gasteiger partial charge in [-0.1, -0.05) is 52.0 Å². The summed E-state index contributed by atoms with van der Waals surface area (Å²) in [6, 6.07) is 0. The first-order valence-electron chi connectivity index (χ1n) is 15.6. The van der Waals surface area contributed by atoms with Gasteiger partial charge in [-0.2, -0.15) is 0 Å². The molecule has 1 saturated heterocycles. The number of benzene rings is 1. The van der Waals surface area contributed by atoms with Gasteiger partial charge in [-0.15, -0.1) is 0 Å². The fraction of sp³-hybridized carbons (Fsp3) is 0.486. The number of allylic oxidation sites excluding steroid dienone is 5. The van der Waals surface area contributed by atoms with Crippen LogP contribution in [0.15, 0.2) is 47.2 Å². The molecule has 47 heavy (non-hydrogen) atoms. The summed E-state index contributed by atoms with van der Waals surface area (Å²) in [5, 5.41) is 68.7. The summed E-state index contributed by atoms with van der Waals surface area (Å²) >= 11 is 0. The second-order valence-electron chi connectivity index (χ2n) is 13.0. The lowest BCUT2D eigenvalue weighted by molar-refractivity contribution is -0.254. The molecule has 6 bridgehead atoms. The molecular formula is C35H43NO11. The van der Waals surface area contributed by atoms with Crippen LogP contribution in [0.4, 0.5) is 0 Å². The van der Waals surface area contributed by atoms with Crippen LogP contribution < -0.4 is 5.32 Å². The first-order chi connectivity index (χ1) is 21.9. The number of phenolic OH excluding ortho intramolecular Hbond substituents is 2. The fourth-order valence-electron chi connectivity index (χ4n) is 6.61. The molecule has 1 aromatic rings. The van der Waals surface area contributed by atoms with Gasteiger partial charge >= 0.3 is 0 Å². The van der Waals surface area contributed by atoms with Gasteiger partial charge in [-0.25, -0.2) is 0 Å². The van der Waals surface area contributed by atoms with Crippen molar-refractivity contribution in [1.82, 2.24) is 5.32 Å². The number of nitrogens with one attached hydrogen (secondary N) is 1. The highest BCUT2D eigenvalue weighted by Crippen LogP contribution is 2.42. The van der Waals surface area contributed by atoms with E-state index in [1.165, 1.54) is 39.0 Å². The van der Waals surface area contributed by atoms with Gasteiger partial charge in [0, 0.05) is 40.9 Å². The number of carbonyl (C=O) groups is 4. The summed E-state index contributed by atoms with van der Waals surface area (Å²) in [5.74, 6) is -8.62. The molecule has 0 aromatic heterocycles. The van der Waals surface area contributed by atoms with Crippen molar-refractivity contribution in [2.45, 2.75) is 79.2 Å². The third-order valence-corrected chi connectivity index (χ3v) is 9.82. The number of rotatable bonds is 0. The quantitative estimate of drug-likeness (QED) is 0.216. The van der Waals surface area contributed by atoms with Gasteiger partial charge in [0.05, 0.1) is 52.7 Å². The Labute approximate surface area is 272 Å². The van der Waals surface area contributed by atoms with Gasteiger partial charge in [0.15, 0.2) is 17.9 Å². The molecule has 1 fully saturated rings. The third-order valence-electron chi connectivity index (χ3n) is 9.82. The van der Waals surface area contributed by atoms with Crippen molar-refractivity contribution < 1.29 is 54.6 Å². The molecule has 0 radical (unpaired) electrons. The van der Waals surface area contributed by atoms with E-state index in [4.69, 9.17) is 4.74 Å². The molecule has 1 aliphatic carbocycles. The Morgan fingerprint density at radius 2 is 1.30 bits per heavy atom. The molecule has 0 saturated carbocycles. The SMILES string of the molecule is C/C1=C/C=C/[C@H](C)C(O)C(C)[C@@H](O)C(C)[C@@H]2O[C@H](O)C(/C=C(/C)C(=O)c3c(O)c(C)c(O)c4c3C(=O)C=C(NC1=O)C4=O)[C@H](O)C2C. The summed E-state index contributed by atoms with van der Waals surface area (Å²) in [7, 11) is 0. The minimum atomic E-state index is -1.62. The van der Waals surface area contributed by atoms with E-state index in [2.05, 4.69) is 5.32 Å². The second kappa shape index (κ2) is 13.7. The van der Waals surface area contributed by atoms with Crippen LogP contribution in [0.25, 0.3) is 0 Å². The van der Waals surface area contributed by atoms with E-state index in [9.17, 15) is 49.8 Å². The number of aromatic hydroxyl groups is 2. The zero-order valence-corrected chi connectivity index (χ0v) is 27.4. The molecular weight excluding hydrogens is 610 g/mol. The van der Waals surface area contributed by atoms with E-state index in [-0.39, 0.29) is 16.7 Å². The van der Waals surface area contributed by atoms with Crippen molar-refractivity contribution in [2.75, 3.05) is 0 Å². The van der Waals surface area contributed by atoms with E-state index in [0.29, 0.717) is 0 Å². The van der Waals surface area contributed by atoms with Crippen molar-refractivity contribution in [1.29, 1.82) is 0 Å². The summed E-state index contributed by atoms with van der Waals surface area (Å²) in [4.78, 5) is 53.8. The number of Topliss-reactive ketones (excluding diaryl/α,β-unsaturated/α-hetero) is 2. The molecule has 7 N–H and O–H groups in total. The minimum Gasteiger partial charge on any atom is -0.507 e. The maximum absolute atomic E-state index is 13.8. The van der Waals surface area contributed by atoms with Gasteiger partial charge in [-0.3, -0.25) is 19.2 Å². The molecule has 6 aliphatic rings. The Morgan fingerprint density at radius 3 is 1.91 bits per heavy atom. The highest BCUT2D eigenvalue weighted by molar-refractivity contribution is 6.31. The monoisotopic (exact) mass is 653 g/mol. The molecule has 254 valence electrons. The third kappa shape index (κ3) is 6.48. The smallest absolute Gasteiger partial charge is 0.251 e. The van der Waals surface area contributed by atoms with E-state index in [1.54, 1.807) is 33.8 Å². The van der Waals surface area contributed by atoms with Crippen LogP contribution in [0.3, 0.4) is 0 Å². The van der Waals surface area contributed by atoms with Crippen molar-refractivity contribution in [3.63, 3.8) is 0 Å². The molecule has 1 aromatic carbocycles. The van der Waals surface area contributed by atoms with E-state index >= 15 is 0 Å². The molecule has 7 rings (SSSR count). The minimum absolute atomic E-state index is 0.112. The zero-order chi connectivity index (χ0) is 35.2. The van der Waals surface area contributed by atoms with Crippen LogP contribution in [-0.2, 0) is 9.53 Å². The maximum Gasteiger partial charge on any atom is 0.251 e. The van der Waals surface area contributed by atoms with Gasteiger partial charge in [0.1, 0.15) is 11.5 Å². The predicted molar refractivity (Wildman–Crippen MR) is 169 cm³/mol. The van der Waals surface area contributed by atoms with Crippen LogP contribution >= 0.6 is 0 Å². The number of carbonyl (C=O) groups excluding carboxylic acids is 4. The Balaban J connectivity index is 1.88. The second-order valence-corrected chi connectivity index (χ2v) is 13.0. The van der Waals surface area contributed by atoms with Crippen LogP contribution in [0, 0.1) is 36.5 Å². The van der Waals surface area contributed by atoms with Crippen LogP contribution in [0.1, 0.15) is 78.2 Å². The summed E-state index contributed by atoms with van der Waals surface area (Å²) in [5.41, 5.74) is -2.37. The molecule has 5 aliphatic heterocycles.